The average Bonchev–Trinajstić information content (AvgIpc) is 2.63. The molecule has 1 aliphatic carbocycles. The molecular weight excluding hydrogens is 296 g/mol. The van der Waals surface area contributed by atoms with Crippen LogP contribution in [0.4, 0.5) is 5.69 Å². The molecule has 4 rings (SSSR count). The summed E-state index contributed by atoms with van der Waals surface area (Å²) >= 11 is 0. The topological polar surface area (TPSA) is 24.8 Å². The minimum atomic E-state index is 0.00566. The van der Waals surface area contributed by atoms with Crippen molar-refractivity contribution in [1.82, 2.24) is 4.90 Å². The number of aryl methyl sites for hydroxylation is 1. The fraction of sp³-hybridized carbons (Fsp3) is 0.667. The zero-order valence-electron chi connectivity index (χ0n) is 15.0. The van der Waals surface area contributed by atoms with E-state index < -0.39 is 0 Å². The van der Waals surface area contributed by atoms with Crippen LogP contribution < -0.4 is 0 Å². The van der Waals surface area contributed by atoms with Gasteiger partial charge in [0.2, 0.25) is 0 Å². The third-order valence-electron chi connectivity index (χ3n) is 6.07. The number of hydrogen-bond donors (Lipinski definition) is 0. The van der Waals surface area contributed by atoms with E-state index in [2.05, 4.69) is 30.3 Å². The zero-order valence-corrected chi connectivity index (χ0v) is 15.0. The van der Waals surface area contributed by atoms with Gasteiger partial charge in [0.15, 0.2) is 0 Å². The predicted octanol–water partition coefficient (Wildman–Crippen LogP) is 4.87. The first-order valence-electron chi connectivity index (χ1n) is 9.83. The second-order valence-electron chi connectivity index (χ2n) is 7.79. The Morgan fingerprint density at radius 3 is 2.58 bits per heavy atom. The second-order valence-corrected chi connectivity index (χ2v) is 7.79. The van der Waals surface area contributed by atoms with Gasteiger partial charge in [-0.15, -0.1) is 0 Å². The summed E-state index contributed by atoms with van der Waals surface area (Å²) in [6.07, 6.45) is 13.4. The first-order chi connectivity index (χ1) is 11.8. The van der Waals surface area contributed by atoms with E-state index in [-0.39, 0.29) is 5.60 Å². The van der Waals surface area contributed by atoms with Crippen molar-refractivity contribution in [2.24, 2.45) is 4.99 Å². The van der Waals surface area contributed by atoms with Crippen LogP contribution in [0.25, 0.3) is 0 Å². The molecule has 3 heteroatoms. The van der Waals surface area contributed by atoms with E-state index in [4.69, 9.17) is 9.73 Å². The molecule has 0 radical (unpaired) electrons. The molecule has 1 saturated heterocycles. The summed E-state index contributed by atoms with van der Waals surface area (Å²) in [5.74, 6) is 0. The van der Waals surface area contributed by atoms with Crippen LogP contribution in [0.5, 0.6) is 0 Å². The van der Waals surface area contributed by atoms with Gasteiger partial charge in [-0.3, -0.25) is 0 Å². The Morgan fingerprint density at radius 1 is 1.04 bits per heavy atom. The fourth-order valence-corrected chi connectivity index (χ4v) is 4.66. The van der Waals surface area contributed by atoms with Crippen LogP contribution in [0.15, 0.2) is 17.1 Å². The molecule has 1 aromatic rings. The summed E-state index contributed by atoms with van der Waals surface area (Å²) in [7, 11) is 0. The molecule has 2 heterocycles. The number of rotatable bonds is 2. The van der Waals surface area contributed by atoms with Crippen molar-refractivity contribution in [3.05, 3.63) is 28.8 Å². The lowest BCUT2D eigenvalue weighted by Crippen LogP contribution is -2.37. The number of hydrogen-bond acceptors (Lipinski definition) is 2. The van der Waals surface area contributed by atoms with E-state index in [0.29, 0.717) is 0 Å². The van der Waals surface area contributed by atoms with Crippen molar-refractivity contribution in [2.45, 2.75) is 70.3 Å². The number of fused-ring (bicyclic) bond motifs is 2. The molecule has 130 valence electrons. The molecule has 0 atom stereocenters. The summed E-state index contributed by atoms with van der Waals surface area (Å²) in [5, 5.41) is 0. The highest BCUT2D eigenvalue weighted by Crippen LogP contribution is 2.45. The Morgan fingerprint density at radius 2 is 1.79 bits per heavy atom. The van der Waals surface area contributed by atoms with Gasteiger partial charge in [-0.05, 0) is 68.2 Å². The van der Waals surface area contributed by atoms with Crippen molar-refractivity contribution >= 4 is 12.0 Å². The third-order valence-corrected chi connectivity index (χ3v) is 6.07. The number of benzene rings is 1. The molecule has 0 N–H and O–H groups in total. The van der Waals surface area contributed by atoms with Gasteiger partial charge in [-0.1, -0.05) is 25.3 Å². The van der Waals surface area contributed by atoms with Gasteiger partial charge in [-0.2, -0.15) is 0 Å². The predicted molar refractivity (Wildman–Crippen MR) is 99.2 cm³/mol. The van der Waals surface area contributed by atoms with Crippen molar-refractivity contribution in [1.29, 1.82) is 0 Å². The van der Waals surface area contributed by atoms with Gasteiger partial charge in [0.25, 0.3) is 0 Å². The van der Waals surface area contributed by atoms with Crippen LogP contribution in [-0.2, 0) is 16.8 Å². The molecule has 3 nitrogen and oxygen atoms in total. The van der Waals surface area contributed by atoms with Crippen molar-refractivity contribution in [2.75, 3.05) is 19.7 Å². The van der Waals surface area contributed by atoms with E-state index in [1.54, 1.807) is 0 Å². The van der Waals surface area contributed by atoms with Gasteiger partial charge in [0.05, 0.1) is 24.2 Å². The van der Waals surface area contributed by atoms with Gasteiger partial charge in [0.1, 0.15) is 0 Å². The van der Waals surface area contributed by atoms with Gasteiger partial charge < -0.3 is 9.64 Å². The van der Waals surface area contributed by atoms with Gasteiger partial charge in [-0.25, -0.2) is 4.99 Å². The number of nitrogens with zero attached hydrogens (tertiary/aromatic N) is 2. The van der Waals surface area contributed by atoms with Crippen LogP contribution in [-0.4, -0.2) is 30.9 Å². The van der Waals surface area contributed by atoms with E-state index in [1.807, 2.05) is 0 Å². The molecule has 0 aromatic heterocycles. The van der Waals surface area contributed by atoms with Crippen LogP contribution in [0, 0.1) is 6.92 Å². The Hall–Kier alpha value is -1.35. The molecular formula is C21H30N2O. The number of piperidine rings is 1. The number of aliphatic imine (C=N–C) groups is 1. The SMILES string of the molecule is Cc1cc2c(cc1N=CN1CCCCC1)CCOC21CCCCC1. The Balaban J connectivity index is 1.61. The normalized spacial score (nSPS) is 23.6. The van der Waals surface area contributed by atoms with E-state index in [1.165, 1.54) is 68.1 Å². The molecule has 2 fully saturated rings. The van der Waals surface area contributed by atoms with Crippen molar-refractivity contribution in [3.63, 3.8) is 0 Å². The minimum absolute atomic E-state index is 0.00566. The number of ether oxygens (including phenoxy) is 1. The minimum Gasteiger partial charge on any atom is -0.370 e. The summed E-state index contributed by atoms with van der Waals surface area (Å²) in [6.45, 7) is 5.38. The maximum atomic E-state index is 6.34. The maximum Gasteiger partial charge on any atom is 0.0934 e. The summed E-state index contributed by atoms with van der Waals surface area (Å²) in [6, 6.07) is 4.71. The molecule has 1 aromatic carbocycles. The van der Waals surface area contributed by atoms with Gasteiger partial charge >= 0.3 is 0 Å². The van der Waals surface area contributed by atoms with Crippen LogP contribution in [0.1, 0.15) is 68.1 Å². The monoisotopic (exact) mass is 326 g/mol. The van der Waals surface area contributed by atoms with Crippen LogP contribution >= 0.6 is 0 Å². The Bertz CT molecular complexity index is 611. The van der Waals surface area contributed by atoms with Gasteiger partial charge in [0, 0.05) is 13.1 Å². The molecule has 0 amide bonds. The summed E-state index contributed by atoms with van der Waals surface area (Å²) in [4.78, 5) is 7.20. The van der Waals surface area contributed by atoms with E-state index >= 15 is 0 Å². The number of likely N-dealkylation sites (tertiary alicyclic amines) is 1. The molecule has 1 saturated carbocycles. The molecule has 24 heavy (non-hydrogen) atoms. The molecule has 0 unspecified atom stereocenters. The van der Waals surface area contributed by atoms with Crippen LogP contribution in [0.3, 0.4) is 0 Å². The zero-order chi connectivity index (χ0) is 16.4. The first-order valence-corrected chi connectivity index (χ1v) is 9.83. The van der Waals surface area contributed by atoms with Crippen molar-refractivity contribution < 1.29 is 4.74 Å². The van der Waals surface area contributed by atoms with E-state index in [9.17, 15) is 0 Å². The molecule has 0 bridgehead atoms. The van der Waals surface area contributed by atoms with Crippen molar-refractivity contribution in [3.8, 4) is 0 Å². The molecule has 3 aliphatic rings. The standard InChI is InChI=1S/C21H30N2O/c1-17-14-19-18(8-13-24-21(19)9-4-2-5-10-21)15-20(17)22-16-23-11-6-3-7-12-23/h14-16H,2-13H2,1H3. The average molecular weight is 326 g/mol. The third kappa shape index (κ3) is 3.11. The molecule has 2 aliphatic heterocycles. The Kier molecular flexibility index (Phi) is 4.62. The lowest BCUT2D eigenvalue weighted by atomic mass is 9.75. The lowest BCUT2D eigenvalue weighted by Gasteiger charge is -2.42. The maximum absolute atomic E-state index is 6.34. The Labute approximate surface area is 146 Å². The summed E-state index contributed by atoms with van der Waals surface area (Å²) in [5.41, 5.74) is 5.37. The van der Waals surface area contributed by atoms with Crippen LogP contribution in [0.2, 0.25) is 0 Å². The first kappa shape index (κ1) is 16.1. The highest BCUT2D eigenvalue weighted by molar-refractivity contribution is 5.64. The molecule has 1 spiro atoms. The highest BCUT2D eigenvalue weighted by Gasteiger charge is 2.39. The highest BCUT2D eigenvalue weighted by atomic mass is 16.5. The fourth-order valence-electron chi connectivity index (χ4n) is 4.66. The second kappa shape index (κ2) is 6.87. The smallest absolute Gasteiger partial charge is 0.0934 e. The largest absolute Gasteiger partial charge is 0.370 e. The van der Waals surface area contributed by atoms with E-state index in [0.717, 1.165) is 31.8 Å². The quantitative estimate of drug-likeness (QED) is 0.572. The lowest BCUT2D eigenvalue weighted by molar-refractivity contribution is -0.0847. The summed E-state index contributed by atoms with van der Waals surface area (Å²) < 4.78 is 6.34.